The first kappa shape index (κ1) is 37.5. The van der Waals surface area contributed by atoms with Crippen LogP contribution in [0.5, 0.6) is 0 Å². The first-order valence-electron chi connectivity index (χ1n) is 18.9. The Kier molecular flexibility index (Phi) is 12.0. The second-order valence-corrected chi connectivity index (χ2v) is 15.2. The molecule has 4 bridgehead atoms. The van der Waals surface area contributed by atoms with Crippen LogP contribution in [-0.4, -0.2) is 93.2 Å². The number of fused-ring (bicyclic) bond motifs is 5. The van der Waals surface area contributed by atoms with Gasteiger partial charge in [-0.25, -0.2) is 14.8 Å². The summed E-state index contributed by atoms with van der Waals surface area (Å²) in [6, 6.07) is 7.23. The second-order valence-electron chi connectivity index (χ2n) is 15.2. The first-order chi connectivity index (χ1) is 25.0. The summed E-state index contributed by atoms with van der Waals surface area (Å²) < 4.78 is 17.1. The van der Waals surface area contributed by atoms with Crippen LogP contribution >= 0.6 is 0 Å². The lowest BCUT2D eigenvalue weighted by Gasteiger charge is -2.29. The second kappa shape index (κ2) is 16.6. The highest BCUT2D eigenvalue weighted by Crippen LogP contribution is 2.37. The van der Waals surface area contributed by atoms with Gasteiger partial charge < -0.3 is 39.3 Å². The predicted molar refractivity (Wildman–Crippen MR) is 195 cm³/mol. The van der Waals surface area contributed by atoms with Crippen molar-refractivity contribution in [3.63, 3.8) is 0 Å². The topological polar surface area (TPSA) is 155 Å². The van der Waals surface area contributed by atoms with Crippen LogP contribution in [0.2, 0.25) is 0 Å². The Balaban J connectivity index is 1.21. The quantitative estimate of drug-likeness (QED) is 0.255. The molecule has 5 atom stereocenters. The van der Waals surface area contributed by atoms with Crippen molar-refractivity contribution in [3.05, 3.63) is 59.1 Å². The minimum atomic E-state index is -0.754. The van der Waals surface area contributed by atoms with Gasteiger partial charge in [0.05, 0.1) is 49.0 Å². The number of nitrogens with zero attached hydrogens (tertiary/aromatic N) is 4. The molecule has 3 aromatic rings. The zero-order chi connectivity index (χ0) is 36.9. The predicted octanol–water partition coefficient (Wildman–Crippen LogP) is 5.70. The van der Waals surface area contributed by atoms with E-state index in [0.717, 1.165) is 66.3 Å². The molecule has 52 heavy (non-hydrogen) atoms. The number of hydrogen-bond acceptors (Lipinski definition) is 8. The van der Waals surface area contributed by atoms with Crippen molar-refractivity contribution in [2.45, 2.75) is 104 Å². The van der Waals surface area contributed by atoms with E-state index in [1.54, 1.807) is 4.90 Å². The molecule has 2 fully saturated rings. The molecular weight excluding hydrogens is 662 g/mol. The molecule has 0 spiro atoms. The van der Waals surface area contributed by atoms with Crippen LogP contribution in [-0.2, 0) is 36.8 Å². The zero-order valence-electron chi connectivity index (χ0n) is 31.4. The van der Waals surface area contributed by atoms with Gasteiger partial charge in [0, 0.05) is 51.3 Å². The Morgan fingerprint density at radius 2 is 1.71 bits per heavy atom. The van der Waals surface area contributed by atoms with Crippen LogP contribution in [0.25, 0.3) is 11.3 Å². The summed E-state index contributed by atoms with van der Waals surface area (Å²) in [4.78, 5) is 60.1. The van der Waals surface area contributed by atoms with Gasteiger partial charge >= 0.3 is 6.09 Å². The van der Waals surface area contributed by atoms with Crippen molar-refractivity contribution in [2.75, 3.05) is 33.4 Å². The summed E-state index contributed by atoms with van der Waals surface area (Å²) in [5.41, 5.74) is 4.65. The number of methoxy groups -OCH3 is 1. The Bertz CT molecular complexity index is 1680. The van der Waals surface area contributed by atoms with Crippen molar-refractivity contribution in [1.82, 2.24) is 35.1 Å². The number of carbonyl (C=O) groups is 3. The number of amides is 3. The highest BCUT2D eigenvalue weighted by Gasteiger charge is 2.42. The van der Waals surface area contributed by atoms with E-state index in [1.807, 2.05) is 31.9 Å². The summed E-state index contributed by atoms with van der Waals surface area (Å²) in [5, 5.41) is 2.73. The minimum Gasteiger partial charge on any atom is -0.453 e. The normalized spacial score (nSPS) is 22.1. The van der Waals surface area contributed by atoms with Crippen LogP contribution in [0.3, 0.4) is 0 Å². The molecule has 5 heterocycles. The number of rotatable bonds is 9. The number of hydrogen-bond donors (Lipinski definition) is 3. The molecule has 6 rings (SSSR count). The van der Waals surface area contributed by atoms with E-state index < -0.39 is 12.1 Å². The van der Waals surface area contributed by atoms with Gasteiger partial charge in [0.15, 0.2) is 0 Å². The molecule has 0 saturated carbocycles. The van der Waals surface area contributed by atoms with Crippen LogP contribution in [0, 0.1) is 17.8 Å². The minimum absolute atomic E-state index is 0.0117. The maximum atomic E-state index is 14.0. The average Bonchev–Trinajstić information content (AvgIpc) is 3.95. The van der Waals surface area contributed by atoms with Crippen molar-refractivity contribution in [2.24, 2.45) is 17.8 Å². The Morgan fingerprint density at radius 3 is 2.44 bits per heavy atom. The maximum Gasteiger partial charge on any atom is 0.407 e. The van der Waals surface area contributed by atoms with E-state index in [-0.39, 0.29) is 41.8 Å². The number of aromatic amines is 2. The van der Waals surface area contributed by atoms with Gasteiger partial charge in [-0.15, -0.1) is 0 Å². The fraction of sp³-hybridized carbons (Fsp3) is 0.615. The lowest BCUT2D eigenvalue weighted by Crippen LogP contribution is -2.51. The largest absolute Gasteiger partial charge is 0.453 e. The summed E-state index contributed by atoms with van der Waals surface area (Å²) in [6.07, 6.45) is 6.03. The van der Waals surface area contributed by atoms with Crippen molar-refractivity contribution in [3.8, 4) is 11.3 Å². The molecule has 3 aliphatic rings. The van der Waals surface area contributed by atoms with Crippen LogP contribution in [0.4, 0.5) is 4.79 Å². The van der Waals surface area contributed by atoms with E-state index >= 15 is 0 Å². The number of ether oxygens (including phenoxy) is 3. The number of likely N-dealkylation sites (tertiary alicyclic amines) is 2. The Labute approximate surface area is 306 Å². The van der Waals surface area contributed by atoms with Gasteiger partial charge in [0.2, 0.25) is 11.8 Å². The van der Waals surface area contributed by atoms with Gasteiger partial charge in [0.25, 0.3) is 0 Å². The van der Waals surface area contributed by atoms with E-state index in [2.05, 4.69) is 53.4 Å². The summed E-state index contributed by atoms with van der Waals surface area (Å²) >= 11 is 0. The molecule has 2 aromatic heterocycles. The zero-order valence-corrected chi connectivity index (χ0v) is 31.4. The Morgan fingerprint density at radius 1 is 0.942 bits per heavy atom. The van der Waals surface area contributed by atoms with Gasteiger partial charge in [-0.3, -0.25) is 9.59 Å². The number of imidazole rings is 2. The van der Waals surface area contributed by atoms with Crippen LogP contribution in [0.15, 0.2) is 30.5 Å². The first-order valence-corrected chi connectivity index (χ1v) is 18.9. The van der Waals surface area contributed by atoms with Gasteiger partial charge in [-0.1, -0.05) is 58.9 Å². The van der Waals surface area contributed by atoms with E-state index in [9.17, 15) is 14.4 Å². The van der Waals surface area contributed by atoms with E-state index in [0.29, 0.717) is 50.9 Å². The summed E-state index contributed by atoms with van der Waals surface area (Å²) in [6.45, 7) is 12.7. The smallest absolute Gasteiger partial charge is 0.407 e. The number of alkyl carbamates (subject to hydrolysis) is 1. The SMILES string of the molecule is COC(=O)N[C@H](C(=O)N1C[C@@H]2C[C@H]1c1nc(c(-c3ccc(Cc4c[nH]c([C@@H]5CCCN5C(=O)[C@@H](C)C(C)C)n4)cc3)[nH]1)COCCCCO2)C(C)C. The molecule has 1 aromatic carbocycles. The maximum absolute atomic E-state index is 14.0. The molecule has 282 valence electrons. The summed E-state index contributed by atoms with van der Waals surface area (Å²) in [5.74, 6) is 1.66. The molecular formula is C39H55N7O6. The van der Waals surface area contributed by atoms with Gasteiger partial charge in [0.1, 0.15) is 17.7 Å². The monoisotopic (exact) mass is 717 g/mol. The molecule has 3 aliphatic heterocycles. The number of carbonyl (C=O) groups excluding carboxylic acids is 3. The number of nitrogens with one attached hydrogen (secondary N) is 3. The number of aromatic nitrogens is 4. The highest BCUT2D eigenvalue weighted by atomic mass is 16.5. The summed E-state index contributed by atoms with van der Waals surface area (Å²) in [7, 11) is 1.29. The van der Waals surface area contributed by atoms with Crippen molar-refractivity contribution in [1.29, 1.82) is 0 Å². The number of benzene rings is 1. The standard InChI is InChI=1S/C39H55N7O6/c1-23(2)25(5)37(47)45-15-9-10-31(45)35-40-20-28(41-35)18-26-11-13-27(14-12-26)34-30-22-51-16-7-8-17-52-29-19-32(36(42-30)43-34)46(21-29)38(48)33(24(3)4)44-39(49)50-6/h11-14,20,23-25,29,31-33H,7-10,15-19,21-22H2,1-6H3,(H,40,41)(H,42,43)(H,44,49)/t25-,29-,31-,32-,33-/m0/s1. The lowest BCUT2D eigenvalue weighted by molar-refractivity contribution is -0.137. The third kappa shape index (κ3) is 8.36. The van der Waals surface area contributed by atoms with E-state index in [1.165, 1.54) is 7.11 Å². The highest BCUT2D eigenvalue weighted by molar-refractivity contribution is 5.86. The number of H-pyrrole nitrogens is 2. The molecule has 0 unspecified atom stereocenters. The van der Waals surface area contributed by atoms with Crippen molar-refractivity contribution >= 4 is 17.9 Å². The fourth-order valence-corrected chi connectivity index (χ4v) is 7.45. The lowest BCUT2D eigenvalue weighted by atomic mass is 9.96. The van der Waals surface area contributed by atoms with Gasteiger partial charge in [-0.05, 0) is 48.6 Å². The molecule has 13 heteroatoms. The molecule has 13 nitrogen and oxygen atoms in total. The third-order valence-corrected chi connectivity index (χ3v) is 10.8. The van der Waals surface area contributed by atoms with Gasteiger partial charge in [-0.2, -0.15) is 0 Å². The van der Waals surface area contributed by atoms with Crippen LogP contribution in [0.1, 0.15) is 107 Å². The van der Waals surface area contributed by atoms with Crippen molar-refractivity contribution < 1.29 is 28.6 Å². The van der Waals surface area contributed by atoms with E-state index in [4.69, 9.17) is 24.2 Å². The Hall–Kier alpha value is -4.23. The molecule has 0 radical (unpaired) electrons. The molecule has 2 saturated heterocycles. The fourth-order valence-electron chi connectivity index (χ4n) is 7.45. The third-order valence-electron chi connectivity index (χ3n) is 10.8. The molecule has 3 N–H and O–H groups in total. The molecule has 0 aliphatic carbocycles. The molecule has 3 amide bonds. The average molecular weight is 718 g/mol. The van der Waals surface area contributed by atoms with Crippen LogP contribution < -0.4 is 5.32 Å².